The van der Waals surface area contributed by atoms with Gasteiger partial charge in [-0.3, -0.25) is 4.98 Å². The highest BCUT2D eigenvalue weighted by atomic mass is 15.0. The Hall–Kier alpha value is -4.96. The summed E-state index contributed by atoms with van der Waals surface area (Å²) in [5, 5.41) is 2.34. The largest absolute Gasteiger partial charge is 0.261 e. The molecule has 0 unspecified atom stereocenters. The van der Waals surface area contributed by atoms with Crippen LogP contribution in [0.5, 0.6) is 0 Å². The van der Waals surface area contributed by atoms with Gasteiger partial charge >= 0.3 is 0 Å². The van der Waals surface area contributed by atoms with E-state index in [0.29, 0.717) is 17.5 Å². The zero-order valence-corrected chi connectivity index (χ0v) is 24.3. The molecule has 6 aromatic rings. The molecule has 2 heterocycles. The number of hydrogen-bond donors (Lipinski definition) is 0. The van der Waals surface area contributed by atoms with Gasteiger partial charge in [0, 0.05) is 34.1 Å². The van der Waals surface area contributed by atoms with Crippen molar-refractivity contribution in [2.75, 3.05) is 0 Å². The molecule has 6 rings (SSSR count). The fourth-order valence-electron chi connectivity index (χ4n) is 4.85. The van der Waals surface area contributed by atoms with Crippen molar-refractivity contribution in [1.82, 2.24) is 19.9 Å². The Morgan fingerprint density at radius 2 is 1.20 bits per heavy atom. The lowest BCUT2D eigenvalue weighted by Crippen LogP contribution is -2.01. The second-order valence-electron chi connectivity index (χ2n) is 9.66. The summed E-state index contributed by atoms with van der Waals surface area (Å²) in [6.07, 6.45) is 5.99. The monoisotopic (exact) mass is 534 g/mol. The highest BCUT2D eigenvalue weighted by Gasteiger charge is 2.14. The van der Waals surface area contributed by atoms with Crippen LogP contribution in [-0.2, 0) is 0 Å². The summed E-state index contributed by atoms with van der Waals surface area (Å²) in [5.74, 6) is 1.94. The van der Waals surface area contributed by atoms with E-state index in [1.807, 2.05) is 46.0 Å². The number of aryl methyl sites for hydroxylation is 2. The van der Waals surface area contributed by atoms with E-state index in [4.69, 9.17) is 15.0 Å². The zero-order chi connectivity index (χ0) is 28.8. The average molecular weight is 535 g/mol. The SMILES string of the molecule is C/C=C\c1cc(-c2nc(-c3cccc(-c4cccnc4C)c3)nc(-c3ccc4ccccc4c3)n2)ccc1C.CC. The van der Waals surface area contributed by atoms with E-state index < -0.39 is 0 Å². The van der Waals surface area contributed by atoms with Gasteiger partial charge in [0.15, 0.2) is 17.5 Å². The van der Waals surface area contributed by atoms with E-state index >= 15 is 0 Å². The first-order valence-corrected chi connectivity index (χ1v) is 14.1. The molecular formula is C37H34N4. The van der Waals surface area contributed by atoms with Gasteiger partial charge in [0.05, 0.1) is 0 Å². The molecule has 0 bridgehead atoms. The minimum absolute atomic E-state index is 0.639. The molecule has 41 heavy (non-hydrogen) atoms. The number of benzene rings is 4. The van der Waals surface area contributed by atoms with Crippen LogP contribution >= 0.6 is 0 Å². The molecule has 4 heteroatoms. The highest BCUT2D eigenvalue weighted by Crippen LogP contribution is 2.30. The standard InChI is InChI=1S/C35H28N4.C2H6/c1-4-9-26-20-30(16-15-23(26)2)34-37-33(29-13-7-12-28(22-29)32-14-8-19-36-24(32)3)38-35(39-34)31-18-17-25-10-5-6-11-27(25)21-31;1-2/h4-22H,1-3H3;1-2H3/b9-4-;. The Balaban J connectivity index is 0.00000165. The fourth-order valence-corrected chi connectivity index (χ4v) is 4.85. The molecule has 202 valence electrons. The predicted octanol–water partition coefficient (Wildman–Crippen LogP) is 9.76. The molecule has 0 aliphatic heterocycles. The van der Waals surface area contributed by atoms with Crippen LogP contribution in [-0.4, -0.2) is 19.9 Å². The smallest absolute Gasteiger partial charge is 0.164 e. The molecule has 4 nitrogen and oxygen atoms in total. The van der Waals surface area contributed by atoms with Gasteiger partial charge in [-0.2, -0.15) is 0 Å². The van der Waals surface area contributed by atoms with Crippen molar-refractivity contribution in [1.29, 1.82) is 0 Å². The molecule has 0 fully saturated rings. The molecule has 0 atom stereocenters. The zero-order valence-electron chi connectivity index (χ0n) is 24.3. The number of pyridine rings is 1. The Labute approximate surface area is 242 Å². The molecule has 2 aromatic heterocycles. The van der Waals surface area contributed by atoms with Crippen LogP contribution in [0.4, 0.5) is 0 Å². The molecule has 4 aromatic carbocycles. The number of hydrogen-bond acceptors (Lipinski definition) is 4. The third-order valence-electron chi connectivity index (χ3n) is 6.97. The van der Waals surface area contributed by atoms with Crippen LogP contribution in [0.25, 0.3) is 62.1 Å². The van der Waals surface area contributed by atoms with Crippen molar-refractivity contribution in [3.05, 3.63) is 126 Å². The van der Waals surface area contributed by atoms with Crippen LogP contribution in [0, 0.1) is 13.8 Å². The van der Waals surface area contributed by atoms with E-state index in [1.54, 1.807) is 0 Å². The molecule has 0 spiro atoms. The molecule has 0 saturated heterocycles. The van der Waals surface area contributed by atoms with E-state index in [9.17, 15) is 0 Å². The minimum atomic E-state index is 0.639. The number of rotatable bonds is 5. The van der Waals surface area contributed by atoms with Crippen molar-refractivity contribution in [3.63, 3.8) is 0 Å². The number of aromatic nitrogens is 4. The number of nitrogens with zero attached hydrogens (tertiary/aromatic N) is 4. The summed E-state index contributed by atoms with van der Waals surface area (Å²) in [6.45, 7) is 10.2. The van der Waals surface area contributed by atoms with Crippen LogP contribution in [0.2, 0.25) is 0 Å². The Morgan fingerprint density at radius 1 is 0.561 bits per heavy atom. The van der Waals surface area contributed by atoms with Gasteiger partial charge in [-0.1, -0.05) is 98.8 Å². The summed E-state index contributed by atoms with van der Waals surface area (Å²) < 4.78 is 0. The predicted molar refractivity (Wildman–Crippen MR) is 172 cm³/mol. The number of allylic oxidation sites excluding steroid dienone is 1. The summed E-state index contributed by atoms with van der Waals surface area (Å²) in [5.41, 5.74) is 8.37. The van der Waals surface area contributed by atoms with Gasteiger partial charge in [0.1, 0.15) is 0 Å². The molecule has 0 amide bonds. The first-order chi connectivity index (χ1) is 20.1. The molecule has 0 aliphatic rings. The van der Waals surface area contributed by atoms with Crippen molar-refractivity contribution < 1.29 is 0 Å². The summed E-state index contributed by atoms with van der Waals surface area (Å²) in [4.78, 5) is 19.4. The van der Waals surface area contributed by atoms with E-state index in [0.717, 1.165) is 44.5 Å². The lowest BCUT2D eigenvalue weighted by atomic mass is 10.0. The summed E-state index contributed by atoms with van der Waals surface area (Å²) >= 11 is 0. The molecule has 0 radical (unpaired) electrons. The quantitative estimate of drug-likeness (QED) is 0.221. The average Bonchev–Trinajstić information content (AvgIpc) is 3.03. The first kappa shape index (κ1) is 27.6. The van der Waals surface area contributed by atoms with Gasteiger partial charge in [0.2, 0.25) is 0 Å². The summed E-state index contributed by atoms with van der Waals surface area (Å²) in [7, 11) is 0. The Morgan fingerprint density at radius 3 is 1.90 bits per heavy atom. The fraction of sp³-hybridized carbons (Fsp3) is 0.135. The van der Waals surface area contributed by atoms with Crippen molar-refractivity contribution in [2.45, 2.75) is 34.6 Å². The Bertz CT molecular complexity index is 1850. The molecule has 0 aliphatic carbocycles. The van der Waals surface area contributed by atoms with Gasteiger partial charge in [0.25, 0.3) is 0 Å². The second-order valence-corrected chi connectivity index (χ2v) is 9.66. The van der Waals surface area contributed by atoms with Crippen LogP contribution in [0.15, 0.2) is 109 Å². The third-order valence-corrected chi connectivity index (χ3v) is 6.97. The van der Waals surface area contributed by atoms with Crippen LogP contribution in [0.1, 0.15) is 37.6 Å². The normalized spacial score (nSPS) is 11.0. The number of fused-ring (bicyclic) bond motifs is 1. The van der Waals surface area contributed by atoms with Crippen molar-refractivity contribution in [3.8, 4) is 45.3 Å². The van der Waals surface area contributed by atoms with E-state index in [2.05, 4.69) is 109 Å². The molecular weight excluding hydrogens is 500 g/mol. The maximum Gasteiger partial charge on any atom is 0.164 e. The summed E-state index contributed by atoms with van der Waals surface area (Å²) in [6, 6.07) is 33.4. The van der Waals surface area contributed by atoms with Crippen molar-refractivity contribution in [2.24, 2.45) is 0 Å². The van der Waals surface area contributed by atoms with Crippen molar-refractivity contribution >= 4 is 16.8 Å². The second kappa shape index (κ2) is 12.5. The lowest BCUT2D eigenvalue weighted by Gasteiger charge is -2.11. The van der Waals surface area contributed by atoms with Gasteiger partial charge in [-0.15, -0.1) is 0 Å². The maximum atomic E-state index is 4.99. The molecule has 0 N–H and O–H groups in total. The van der Waals surface area contributed by atoms with E-state index in [1.165, 1.54) is 10.9 Å². The van der Waals surface area contributed by atoms with Gasteiger partial charge in [-0.25, -0.2) is 15.0 Å². The van der Waals surface area contributed by atoms with Gasteiger partial charge in [-0.05, 0) is 72.5 Å². The van der Waals surface area contributed by atoms with Gasteiger partial charge < -0.3 is 0 Å². The Kier molecular flexibility index (Phi) is 8.40. The molecule has 0 saturated carbocycles. The van der Waals surface area contributed by atoms with Crippen LogP contribution < -0.4 is 0 Å². The lowest BCUT2D eigenvalue weighted by molar-refractivity contribution is 1.07. The maximum absolute atomic E-state index is 4.99. The first-order valence-electron chi connectivity index (χ1n) is 14.1. The highest BCUT2D eigenvalue weighted by molar-refractivity contribution is 5.86. The minimum Gasteiger partial charge on any atom is -0.261 e. The third kappa shape index (κ3) is 5.97. The topological polar surface area (TPSA) is 51.6 Å². The van der Waals surface area contributed by atoms with E-state index in [-0.39, 0.29) is 0 Å². The van der Waals surface area contributed by atoms with Crippen LogP contribution in [0.3, 0.4) is 0 Å².